The van der Waals surface area contributed by atoms with Crippen molar-refractivity contribution >= 4 is 5.97 Å². The van der Waals surface area contributed by atoms with E-state index in [0.717, 1.165) is 0 Å². The summed E-state index contributed by atoms with van der Waals surface area (Å²) in [6, 6.07) is 8.41. The minimum Gasteiger partial charge on any atom is -0.453 e. The van der Waals surface area contributed by atoms with Gasteiger partial charge in [-0.2, -0.15) is 0 Å². The molecule has 2 rings (SSSR count). The molecule has 0 spiro atoms. The van der Waals surface area contributed by atoms with E-state index >= 15 is 0 Å². The molecule has 1 fully saturated rings. The Hall–Kier alpha value is -1.47. The fourth-order valence-corrected chi connectivity index (χ4v) is 1.86. The molecular weight excluding hydrogens is 252 g/mol. The Morgan fingerprint density at radius 3 is 2.58 bits per heavy atom. The Balaban J connectivity index is 1.98. The van der Waals surface area contributed by atoms with Crippen molar-refractivity contribution in [2.75, 3.05) is 13.7 Å². The van der Waals surface area contributed by atoms with Crippen molar-refractivity contribution in [3.8, 4) is 0 Å². The van der Waals surface area contributed by atoms with Crippen molar-refractivity contribution in [1.82, 2.24) is 0 Å². The molecule has 0 aromatic heterocycles. The number of methoxy groups -OCH3 is 1. The van der Waals surface area contributed by atoms with Crippen molar-refractivity contribution in [2.45, 2.75) is 24.6 Å². The van der Waals surface area contributed by atoms with Crippen molar-refractivity contribution in [2.24, 2.45) is 0 Å². The first-order valence-electron chi connectivity index (χ1n) is 5.90. The lowest BCUT2D eigenvalue weighted by molar-refractivity contribution is -0.261. The van der Waals surface area contributed by atoms with Gasteiger partial charge >= 0.3 is 5.97 Å². The molecule has 6 nitrogen and oxygen atoms in total. The Morgan fingerprint density at radius 2 is 1.95 bits per heavy atom. The zero-order chi connectivity index (χ0) is 13.8. The summed E-state index contributed by atoms with van der Waals surface area (Å²) >= 11 is 0. The van der Waals surface area contributed by atoms with Crippen LogP contribution in [0.3, 0.4) is 0 Å². The molecule has 104 valence electrons. The predicted octanol–water partition coefficient (Wildman–Crippen LogP) is -0.0635. The highest BCUT2D eigenvalue weighted by Crippen LogP contribution is 2.19. The standard InChI is InChI=1S/C13H16O6/c1-17-13-11(15)10(14)9(7-18-13)19-12(16)8-5-3-2-4-6-8/h2-6,9-11,13-15H,7H2,1H3/t9-,10-,11+,13+/m0/s1. The molecule has 1 aliphatic heterocycles. The molecule has 0 amide bonds. The van der Waals surface area contributed by atoms with E-state index in [1.54, 1.807) is 30.3 Å². The Labute approximate surface area is 110 Å². The summed E-state index contributed by atoms with van der Waals surface area (Å²) in [4.78, 5) is 11.8. The van der Waals surface area contributed by atoms with Crippen molar-refractivity contribution in [1.29, 1.82) is 0 Å². The van der Waals surface area contributed by atoms with Crippen LogP contribution in [0.5, 0.6) is 0 Å². The van der Waals surface area contributed by atoms with Crippen LogP contribution in [0.1, 0.15) is 10.4 Å². The van der Waals surface area contributed by atoms with Gasteiger partial charge < -0.3 is 24.4 Å². The maximum absolute atomic E-state index is 11.8. The first-order chi connectivity index (χ1) is 9.13. The summed E-state index contributed by atoms with van der Waals surface area (Å²) in [6.07, 6.45) is -4.34. The fourth-order valence-electron chi connectivity index (χ4n) is 1.86. The molecule has 2 N–H and O–H groups in total. The lowest BCUT2D eigenvalue weighted by Crippen LogP contribution is -2.54. The summed E-state index contributed by atoms with van der Waals surface area (Å²) < 4.78 is 15.1. The average molecular weight is 268 g/mol. The molecule has 4 atom stereocenters. The van der Waals surface area contributed by atoms with Crippen LogP contribution in [0, 0.1) is 0 Å². The Bertz CT molecular complexity index is 420. The molecule has 19 heavy (non-hydrogen) atoms. The SMILES string of the molecule is CO[C@@H]1OC[C@H](OC(=O)c2ccccc2)[C@H](O)[C@H]1O. The van der Waals surface area contributed by atoms with Crippen LogP contribution in [0.25, 0.3) is 0 Å². The topological polar surface area (TPSA) is 85.2 Å². The number of esters is 1. The maximum Gasteiger partial charge on any atom is 0.338 e. The summed E-state index contributed by atoms with van der Waals surface area (Å²) in [7, 11) is 1.36. The molecule has 1 saturated heterocycles. The molecule has 0 unspecified atom stereocenters. The number of aliphatic hydroxyl groups excluding tert-OH is 2. The number of aliphatic hydroxyl groups is 2. The van der Waals surface area contributed by atoms with E-state index in [9.17, 15) is 15.0 Å². The van der Waals surface area contributed by atoms with E-state index in [4.69, 9.17) is 14.2 Å². The van der Waals surface area contributed by atoms with Gasteiger partial charge in [-0.1, -0.05) is 18.2 Å². The van der Waals surface area contributed by atoms with Gasteiger partial charge in [0.1, 0.15) is 12.2 Å². The molecule has 1 aliphatic rings. The van der Waals surface area contributed by atoms with Gasteiger partial charge in [0.2, 0.25) is 0 Å². The van der Waals surface area contributed by atoms with Gasteiger partial charge in [0.15, 0.2) is 12.4 Å². The van der Waals surface area contributed by atoms with E-state index in [1.807, 2.05) is 0 Å². The monoisotopic (exact) mass is 268 g/mol. The molecule has 1 heterocycles. The van der Waals surface area contributed by atoms with Crippen LogP contribution in [-0.4, -0.2) is 54.5 Å². The van der Waals surface area contributed by atoms with Gasteiger partial charge in [0.25, 0.3) is 0 Å². The summed E-state index contributed by atoms with van der Waals surface area (Å²) in [5, 5.41) is 19.5. The van der Waals surface area contributed by atoms with Crippen LogP contribution >= 0.6 is 0 Å². The lowest BCUT2D eigenvalue weighted by Gasteiger charge is -2.36. The number of benzene rings is 1. The van der Waals surface area contributed by atoms with Crippen LogP contribution in [0.2, 0.25) is 0 Å². The van der Waals surface area contributed by atoms with Crippen LogP contribution < -0.4 is 0 Å². The third-order valence-electron chi connectivity index (χ3n) is 2.93. The van der Waals surface area contributed by atoms with E-state index in [2.05, 4.69) is 0 Å². The molecule has 0 radical (unpaired) electrons. The molecule has 1 aromatic carbocycles. The molecule has 0 saturated carbocycles. The largest absolute Gasteiger partial charge is 0.453 e. The number of carbonyl (C=O) groups excluding carboxylic acids is 1. The molecule has 0 bridgehead atoms. The van der Waals surface area contributed by atoms with Gasteiger partial charge in [-0.3, -0.25) is 0 Å². The smallest absolute Gasteiger partial charge is 0.338 e. The minimum absolute atomic E-state index is 0.0324. The number of carbonyl (C=O) groups is 1. The number of hydrogen-bond acceptors (Lipinski definition) is 6. The second kappa shape index (κ2) is 6.12. The van der Waals surface area contributed by atoms with Crippen LogP contribution in [0.4, 0.5) is 0 Å². The third-order valence-corrected chi connectivity index (χ3v) is 2.93. The summed E-state index contributed by atoms with van der Waals surface area (Å²) in [5.74, 6) is -0.573. The van der Waals surface area contributed by atoms with Gasteiger partial charge in [0.05, 0.1) is 12.2 Å². The highest BCUT2D eigenvalue weighted by molar-refractivity contribution is 5.89. The first kappa shape index (κ1) is 14.0. The van der Waals surface area contributed by atoms with Gasteiger partial charge in [0, 0.05) is 7.11 Å². The van der Waals surface area contributed by atoms with E-state index in [-0.39, 0.29) is 6.61 Å². The molecular formula is C13H16O6. The summed E-state index contributed by atoms with van der Waals surface area (Å²) in [5.41, 5.74) is 0.373. The molecule has 0 aliphatic carbocycles. The quantitative estimate of drug-likeness (QED) is 0.747. The van der Waals surface area contributed by atoms with Crippen molar-refractivity contribution < 1.29 is 29.2 Å². The first-order valence-corrected chi connectivity index (χ1v) is 5.90. The number of hydrogen-bond donors (Lipinski definition) is 2. The third kappa shape index (κ3) is 3.10. The average Bonchev–Trinajstić information content (AvgIpc) is 2.45. The zero-order valence-corrected chi connectivity index (χ0v) is 10.4. The Morgan fingerprint density at radius 1 is 1.26 bits per heavy atom. The minimum atomic E-state index is -1.26. The number of rotatable bonds is 3. The summed E-state index contributed by atoms with van der Waals surface area (Å²) in [6.45, 7) is -0.0324. The van der Waals surface area contributed by atoms with Crippen molar-refractivity contribution in [3.05, 3.63) is 35.9 Å². The highest BCUT2D eigenvalue weighted by Gasteiger charge is 2.40. The van der Waals surface area contributed by atoms with Gasteiger partial charge in [-0.25, -0.2) is 4.79 Å². The second-order valence-corrected chi connectivity index (χ2v) is 4.23. The van der Waals surface area contributed by atoms with E-state index in [0.29, 0.717) is 5.56 Å². The normalized spacial score (nSPS) is 30.9. The predicted molar refractivity (Wildman–Crippen MR) is 64.4 cm³/mol. The lowest BCUT2D eigenvalue weighted by atomic mass is 10.1. The van der Waals surface area contributed by atoms with E-state index < -0.39 is 30.6 Å². The maximum atomic E-state index is 11.8. The van der Waals surface area contributed by atoms with Gasteiger partial charge in [-0.15, -0.1) is 0 Å². The van der Waals surface area contributed by atoms with Crippen molar-refractivity contribution in [3.63, 3.8) is 0 Å². The fraction of sp³-hybridized carbons (Fsp3) is 0.462. The zero-order valence-electron chi connectivity index (χ0n) is 10.4. The van der Waals surface area contributed by atoms with Crippen LogP contribution in [-0.2, 0) is 14.2 Å². The molecule has 1 aromatic rings. The second-order valence-electron chi connectivity index (χ2n) is 4.23. The highest BCUT2D eigenvalue weighted by atomic mass is 16.7. The number of ether oxygens (including phenoxy) is 3. The van der Waals surface area contributed by atoms with Crippen LogP contribution in [0.15, 0.2) is 30.3 Å². The van der Waals surface area contributed by atoms with Gasteiger partial charge in [-0.05, 0) is 12.1 Å². The van der Waals surface area contributed by atoms with E-state index in [1.165, 1.54) is 7.11 Å². The molecule has 6 heteroatoms. The Kier molecular flexibility index (Phi) is 4.49.